The van der Waals surface area contributed by atoms with Gasteiger partial charge in [0.05, 0.1) is 5.56 Å². The van der Waals surface area contributed by atoms with Gasteiger partial charge in [-0.15, -0.1) is 0 Å². The fourth-order valence-electron chi connectivity index (χ4n) is 1.91. The van der Waals surface area contributed by atoms with Crippen molar-refractivity contribution in [3.8, 4) is 0 Å². The lowest BCUT2D eigenvalue weighted by Gasteiger charge is -2.26. The van der Waals surface area contributed by atoms with Crippen LogP contribution < -0.4 is 10.6 Å². The van der Waals surface area contributed by atoms with Gasteiger partial charge in [-0.05, 0) is 37.8 Å². The van der Waals surface area contributed by atoms with Gasteiger partial charge in [0.25, 0.3) is 5.91 Å². The first-order valence-electron chi connectivity index (χ1n) is 6.45. The zero-order chi connectivity index (χ0) is 12.1. The van der Waals surface area contributed by atoms with Gasteiger partial charge in [-0.1, -0.05) is 19.1 Å². The predicted octanol–water partition coefficient (Wildman–Crippen LogP) is 2.79. The summed E-state index contributed by atoms with van der Waals surface area (Å²) < 4.78 is 0. The highest BCUT2D eigenvalue weighted by Gasteiger charge is 2.21. The van der Waals surface area contributed by atoms with Crippen molar-refractivity contribution in [1.29, 1.82) is 0 Å². The van der Waals surface area contributed by atoms with Crippen LogP contribution in [0.15, 0.2) is 24.3 Å². The Hall–Kier alpha value is -1.51. The number of para-hydroxylation sites is 1. The van der Waals surface area contributed by atoms with E-state index in [0.29, 0.717) is 6.04 Å². The molecular weight excluding hydrogens is 212 g/mol. The molecule has 0 spiro atoms. The van der Waals surface area contributed by atoms with Gasteiger partial charge in [0.1, 0.15) is 0 Å². The van der Waals surface area contributed by atoms with E-state index in [1.165, 1.54) is 6.42 Å². The highest BCUT2D eigenvalue weighted by Crippen LogP contribution is 2.20. The summed E-state index contributed by atoms with van der Waals surface area (Å²) >= 11 is 0. The van der Waals surface area contributed by atoms with Crippen molar-refractivity contribution < 1.29 is 4.79 Å². The average molecular weight is 232 g/mol. The maximum absolute atomic E-state index is 12.1. The molecule has 0 aromatic heterocycles. The Labute approximate surface area is 103 Å². The molecule has 92 valence electrons. The zero-order valence-corrected chi connectivity index (χ0v) is 10.3. The molecular formula is C14H20N2O. The number of carbonyl (C=O) groups excluding carboxylic acids is 1. The molecule has 3 heteroatoms. The van der Waals surface area contributed by atoms with Gasteiger partial charge >= 0.3 is 0 Å². The standard InChI is InChI=1S/C14H20N2O/c1-2-10-15-13-9-4-3-8-12(13)14(17)16-11-6-5-7-11/h3-4,8-9,11,15H,2,5-7,10H2,1H3,(H,16,17). The van der Waals surface area contributed by atoms with Crippen LogP contribution in [0.5, 0.6) is 0 Å². The summed E-state index contributed by atoms with van der Waals surface area (Å²) in [4.78, 5) is 12.1. The summed E-state index contributed by atoms with van der Waals surface area (Å²) in [6, 6.07) is 8.10. The molecule has 3 nitrogen and oxygen atoms in total. The van der Waals surface area contributed by atoms with E-state index >= 15 is 0 Å². The molecule has 1 aromatic rings. The van der Waals surface area contributed by atoms with E-state index in [2.05, 4.69) is 17.6 Å². The highest BCUT2D eigenvalue weighted by molar-refractivity contribution is 5.99. The van der Waals surface area contributed by atoms with Crippen LogP contribution in [-0.4, -0.2) is 18.5 Å². The van der Waals surface area contributed by atoms with Crippen molar-refractivity contribution in [1.82, 2.24) is 5.32 Å². The minimum absolute atomic E-state index is 0.0499. The molecule has 0 aliphatic heterocycles. The Morgan fingerprint density at radius 3 is 2.76 bits per heavy atom. The second kappa shape index (κ2) is 5.71. The van der Waals surface area contributed by atoms with Crippen molar-refractivity contribution in [2.24, 2.45) is 0 Å². The summed E-state index contributed by atoms with van der Waals surface area (Å²) in [6.07, 6.45) is 4.53. The molecule has 1 fully saturated rings. The molecule has 0 unspecified atom stereocenters. The largest absolute Gasteiger partial charge is 0.384 e. The van der Waals surface area contributed by atoms with Gasteiger partial charge in [-0.3, -0.25) is 4.79 Å². The minimum Gasteiger partial charge on any atom is -0.384 e. The molecule has 2 rings (SSSR count). The minimum atomic E-state index is 0.0499. The first-order valence-corrected chi connectivity index (χ1v) is 6.45. The summed E-state index contributed by atoms with van der Waals surface area (Å²) in [5.74, 6) is 0.0499. The normalized spacial score (nSPS) is 15.1. The lowest BCUT2D eigenvalue weighted by molar-refractivity contribution is 0.0918. The molecule has 1 aliphatic rings. The number of nitrogens with one attached hydrogen (secondary N) is 2. The number of anilines is 1. The van der Waals surface area contributed by atoms with E-state index in [1.807, 2.05) is 24.3 Å². The van der Waals surface area contributed by atoms with Crippen LogP contribution >= 0.6 is 0 Å². The maximum Gasteiger partial charge on any atom is 0.253 e. The number of hydrogen-bond acceptors (Lipinski definition) is 2. The molecule has 0 radical (unpaired) electrons. The Bertz CT molecular complexity index is 386. The highest BCUT2D eigenvalue weighted by atomic mass is 16.1. The zero-order valence-electron chi connectivity index (χ0n) is 10.3. The molecule has 0 bridgehead atoms. The smallest absolute Gasteiger partial charge is 0.253 e. The first-order chi connectivity index (χ1) is 8.31. The fourth-order valence-corrected chi connectivity index (χ4v) is 1.91. The predicted molar refractivity (Wildman–Crippen MR) is 70.3 cm³/mol. The van der Waals surface area contributed by atoms with Crippen molar-refractivity contribution in [3.05, 3.63) is 29.8 Å². The van der Waals surface area contributed by atoms with Crippen LogP contribution in [0.4, 0.5) is 5.69 Å². The van der Waals surface area contributed by atoms with E-state index < -0.39 is 0 Å². The third kappa shape index (κ3) is 2.99. The molecule has 1 aromatic carbocycles. The quantitative estimate of drug-likeness (QED) is 0.819. The van der Waals surface area contributed by atoms with Crippen molar-refractivity contribution in [3.63, 3.8) is 0 Å². The molecule has 17 heavy (non-hydrogen) atoms. The number of hydrogen-bond donors (Lipinski definition) is 2. The molecule has 0 saturated heterocycles. The summed E-state index contributed by atoms with van der Waals surface area (Å²) in [5, 5.41) is 6.36. The van der Waals surface area contributed by atoms with Crippen LogP contribution in [0, 0.1) is 0 Å². The maximum atomic E-state index is 12.1. The monoisotopic (exact) mass is 232 g/mol. The van der Waals surface area contributed by atoms with Crippen molar-refractivity contribution in [2.75, 3.05) is 11.9 Å². The molecule has 1 aliphatic carbocycles. The second-order valence-electron chi connectivity index (χ2n) is 4.57. The van der Waals surface area contributed by atoms with Crippen LogP contribution in [0.2, 0.25) is 0 Å². The summed E-state index contributed by atoms with van der Waals surface area (Å²) in [6.45, 7) is 3.01. The SMILES string of the molecule is CCCNc1ccccc1C(=O)NC1CCC1. The van der Waals surface area contributed by atoms with Gasteiger partial charge in [-0.25, -0.2) is 0 Å². The molecule has 1 saturated carbocycles. The van der Waals surface area contributed by atoms with Crippen LogP contribution in [0.1, 0.15) is 43.0 Å². The Morgan fingerprint density at radius 2 is 2.12 bits per heavy atom. The van der Waals surface area contributed by atoms with E-state index in [9.17, 15) is 4.79 Å². The lowest BCUT2D eigenvalue weighted by Crippen LogP contribution is -2.39. The summed E-state index contributed by atoms with van der Waals surface area (Å²) in [7, 11) is 0. The Kier molecular flexibility index (Phi) is 4.02. The molecule has 1 amide bonds. The number of carbonyl (C=O) groups is 1. The van der Waals surface area contributed by atoms with Crippen LogP contribution in [0.3, 0.4) is 0 Å². The molecule has 0 heterocycles. The van der Waals surface area contributed by atoms with Gasteiger partial charge in [-0.2, -0.15) is 0 Å². The number of amides is 1. The molecule has 0 atom stereocenters. The first kappa shape index (κ1) is 12.0. The van der Waals surface area contributed by atoms with Gasteiger partial charge in [0.15, 0.2) is 0 Å². The van der Waals surface area contributed by atoms with E-state index in [4.69, 9.17) is 0 Å². The van der Waals surface area contributed by atoms with E-state index in [-0.39, 0.29) is 5.91 Å². The van der Waals surface area contributed by atoms with Gasteiger partial charge in [0, 0.05) is 18.3 Å². The van der Waals surface area contributed by atoms with Gasteiger partial charge < -0.3 is 10.6 Å². The van der Waals surface area contributed by atoms with Crippen molar-refractivity contribution >= 4 is 11.6 Å². The summed E-state index contributed by atoms with van der Waals surface area (Å²) in [5.41, 5.74) is 1.69. The van der Waals surface area contributed by atoms with Crippen LogP contribution in [-0.2, 0) is 0 Å². The van der Waals surface area contributed by atoms with Gasteiger partial charge in [0.2, 0.25) is 0 Å². The number of rotatable bonds is 5. The molecule has 2 N–H and O–H groups in total. The number of benzene rings is 1. The lowest BCUT2D eigenvalue weighted by atomic mass is 9.93. The van der Waals surface area contributed by atoms with E-state index in [0.717, 1.165) is 37.1 Å². The second-order valence-corrected chi connectivity index (χ2v) is 4.57. The average Bonchev–Trinajstić information content (AvgIpc) is 2.31. The third-order valence-electron chi connectivity index (χ3n) is 3.18. The van der Waals surface area contributed by atoms with E-state index in [1.54, 1.807) is 0 Å². The third-order valence-corrected chi connectivity index (χ3v) is 3.18. The fraction of sp³-hybridized carbons (Fsp3) is 0.500. The topological polar surface area (TPSA) is 41.1 Å². The Balaban J connectivity index is 2.04. The van der Waals surface area contributed by atoms with Crippen LogP contribution in [0.25, 0.3) is 0 Å². The van der Waals surface area contributed by atoms with Crippen molar-refractivity contribution in [2.45, 2.75) is 38.6 Å². The Morgan fingerprint density at radius 1 is 1.35 bits per heavy atom.